The minimum atomic E-state index is -1.08. The first-order chi connectivity index (χ1) is 16.0. The number of carbonyl (C=O) groups excluding carboxylic acids is 3. The van der Waals surface area contributed by atoms with E-state index in [2.05, 4.69) is 27.3 Å². The number of primary amides is 1. The van der Waals surface area contributed by atoms with Crippen molar-refractivity contribution in [2.45, 2.75) is 24.8 Å². The Balaban J connectivity index is 1.53. The molecule has 7 heteroatoms. The van der Waals surface area contributed by atoms with E-state index >= 15 is 0 Å². The van der Waals surface area contributed by atoms with Crippen LogP contribution in [0.2, 0.25) is 0 Å². The van der Waals surface area contributed by atoms with Gasteiger partial charge < -0.3 is 16.0 Å². The van der Waals surface area contributed by atoms with Crippen LogP contribution in [0.4, 0.5) is 5.82 Å². The Labute approximate surface area is 192 Å². The second-order valence-corrected chi connectivity index (χ2v) is 8.16. The lowest BCUT2D eigenvalue weighted by Gasteiger charge is -2.22. The van der Waals surface area contributed by atoms with Crippen LogP contribution < -0.4 is 16.0 Å². The van der Waals surface area contributed by atoms with Gasteiger partial charge in [0.25, 0.3) is 11.8 Å². The van der Waals surface area contributed by atoms with Gasteiger partial charge in [0.1, 0.15) is 11.9 Å². The van der Waals surface area contributed by atoms with Gasteiger partial charge in [0.05, 0.1) is 5.56 Å². The number of ketones is 1. The van der Waals surface area contributed by atoms with Gasteiger partial charge in [-0.3, -0.25) is 14.4 Å². The SMILES string of the molecule is NC(=O)C(=O)C(Cc1ccccc1)NC(=O)c1cccnc1N1CCC(c2ccccc2)C1. The second-order valence-electron chi connectivity index (χ2n) is 8.16. The number of amides is 2. The molecule has 3 aromatic rings. The smallest absolute Gasteiger partial charge is 0.287 e. The maximum absolute atomic E-state index is 13.2. The van der Waals surface area contributed by atoms with Gasteiger partial charge in [0, 0.05) is 31.6 Å². The fourth-order valence-corrected chi connectivity index (χ4v) is 4.24. The number of hydrogen-bond donors (Lipinski definition) is 2. The van der Waals surface area contributed by atoms with Crippen LogP contribution in [0.1, 0.15) is 33.8 Å². The van der Waals surface area contributed by atoms with Crippen LogP contribution in [-0.4, -0.2) is 41.7 Å². The molecular formula is C26H26N4O3. The van der Waals surface area contributed by atoms with Crippen molar-refractivity contribution in [3.63, 3.8) is 0 Å². The zero-order valence-electron chi connectivity index (χ0n) is 18.2. The molecule has 1 aromatic heterocycles. The van der Waals surface area contributed by atoms with Crippen molar-refractivity contribution in [3.05, 3.63) is 95.7 Å². The maximum Gasteiger partial charge on any atom is 0.287 e. The van der Waals surface area contributed by atoms with Crippen LogP contribution in [0.3, 0.4) is 0 Å². The zero-order chi connectivity index (χ0) is 23.2. The first-order valence-electron chi connectivity index (χ1n) is 11.0. The van der Waals surface area contributed by atoms with E-state index in [4.69, 9.17) is 5.73 Å². The van der Waals surface area contributed by atoms with Crippen LogP contribution in [-0.2, 0) is 16.0 Å². The molecule has 0 spiro atoms. The number of pyridine rings is 1. The van der Waals surface area contributed by atoms with Crippen LogP contribution in [0, 0.1) is 0 Å². The number of benzene rings is 2. The van der Waals surface area contributed by atoms with Crippen LogP contribution in [0.15, 0.2) is 79.0 Å². The van der Waals surface area contributed by atoms with Crippen molar-refractivity contribution in [3.8, 4) is 0 Å². The van der Waals surface area contributed by atoms with E-state index in [1.54, 1.807) is 18.3 Å². The van der Waals surface area contributed by atoms with Crippen molar-refractivity contribution in [1.29, 1.82) is 0 Å². The largest absolute Gasteiger partial charge is 0.363 e. The van der Waals surface area contributed by atoms with E-state index in [0.29, 0.717) is 17.3 Å². The van der Waals surface area contributed by atoms with Gasteiger partial charge in [-0.15, -0.1) is 0 Å². The molecule has 0 bridgehead atoms. The van der Waals surface area contributed by atoms with Crippen LogP contribution in [0.5, 0.6) is 0 Å². The number of nitrogens with two attached hydrogens (primary N) is 1. The number of carbonyl (C=O) groups is 3. The van der Waals surface area contributed by atoms with Gasteiger partial charge in [-0.1, -0.05) is 60.7 Å². The minimum Gasteiger partial charge on any atom is -0.363 e. The van der Waals surface area contributed by atoms with E-state index in [9.17, 15) is 14.4 Å². The van der Waals surface area contributed by atoms with E-state index in [1.807, 2.05) is 48.5 Å². The Hall–Kier alpha value is -4.00. The molecule has 7 nitrogen and oxygen atoms in total. The average molecular weight is 443 g/mol. The van der Waals surface area contributed by atoms with Crippen molar-refractivity contribution in [2.75, 3.05) is 18.0 Å². The Morgan fingerprint density at radius 2 is 1.70 bits per heavy atom. The molecule has 2 heterocycles. The molecule has 0 saturated carbocycles. The quantitative estimate of drug-likeness (QED) is 0.522. The summed E-state index contributed by atoms with van der Waals surface area (Å²) < 4.78 is 0. The summed E-state index contributed by atoms with van der Waals surface area (Å²) in [5.41, 5.74) is 7.68. The lowest BCUT2D eigenvalue weighted by atomic mass is 9.99. The predicted molar refractivity (Wildman–Crippen MR) is 126 cm³/mol. The highest BCUT2D eigenvalue weighted by atomic mass is 16.2. The molecule has 2 unspecified atom stereocenters. The van der Waals surface area contributed by atoms with Gasteiger partial charge in [0.15, 0.2) is 0 Å². The first kappa shape index (κ1) is 22.2. The van der Waals surface area contributed by atoms with E-state index in [1.165, 1.54) is 5.56 Å². The summed E-state index contributed by atoms with van der Waals surface area (Å²) in [7, 11) is 0. The molecule has 1 aliphatic rings. The molecule has 2 amide bonds. The molecule has 168 valence electrons. The average Bonchev–Trinajstić information content (AvgIpc) is 3.34. The van der Waals surface area contributed by atoms with E-state index in [0.717, 1.165) is 25.1 Å². The molecule has 4 rings (SSSR count). The standard InChI is InChI=1S/C26H26N4O3/c27-24(32)23(31)22(16-18-8-3-1-4-9-18)29-26(33)21-12-7-14-28-25(21)30-15-13-20(17-30)19-10-5-2-6-11-19/h1-12,14,20,22H,13,15-17H2,(H2,27,32)(H,29,33). The molecule has 2 aromatic carbocycles. The predicted octanol–water partition coefficient (Wildman–Crippen LogP) is 2.47. The maximum atomic E-state index is 13.2. The highest BCUT2D eigenvalue weighted by Gasteiger charge is 2.30. The van der Waals surface area contributed by atoms with Crippen molar-refractivity contribution in [1.82, 2.24) is 10.3 Å². The topological polar surface area (TPSA) is 105 Å². The summed E-state index contributed by atoms with van der Waals surface area (Å²) in [6.07, 6.45) is 2.78. The second kappa shape index (κ2) is 10.1. The lowest BCUT2D eigenvalue weighted by molar-refractivity contribution is -0.137. The number of aromatic nitrogens is 1. The molecule has 3 N–H and O–H groups in total. The summed E-state index contributed by atoms with van der Waals surface area (Å²) in [5.74, 6) is -1.45. The molecule has 0 radical (unpaired) electrons. The molecule has 33 heavy (non-hydrogen) atoms. The molecular weight excluding hydrogens is 416 g/mol. The van der Waals surface area contributed by atoms with Gasteiger partial charge in [0.2, 0.25) is 5.78 Å². The van der Waals surface area contributed by atoms with Crippen molar-refractivity contribution in [2.24, 2.45) is 5.73 Å². The van der Waals surface area contributed by atoms with Gasteiger partial charge in [-0.05, 0) is 29.7 Å². The van der Waals surface area contributed by atoms with Crippen LogP contribution >= 0.6 is 0 Å². The molecule has 2 atom stereocenters. The number of hydrogen-bond acceptors (Lipinski definition) is 5. The third kappa shape index (κ3) is 5.26. The normalized spacial score (nSPS) is 16.2. The summed E-state index contributed by atoms with van der Waals surface area (Å²) >= 11 is 0. The van der Waals surface area contributed by atoms with E-state index < -0.39 is 23.6 Å². The van der Waals surface area contributed by atoms with Crippen LogP contribution in [0.25, 0.3) is 0 Å². The summed E-state index contributed by atoms with van der Waals surface area (Å²) in [6.45, 7) is 1.51. The monoisotopic (exact) mass is 442 g/mol. The van der Waals surface area contributed by atoms with Gasteiger partial charge >= 0.3 is 0 Å². The lowest BCUT2D eigenvalue weighted by Crippen LogP contribution is -2.47. The van der Waals surface area contributed by atoms with E-state index in [-0.39, 0.29) is 6.42 Å². The Morgan fingerprint density at radius 1 is 1.00 bits per heavy atom. The highest BCUT2D eigenvalue weighted by Crippen LogP contribution is 2.31. The summed E-state index contributed by atoms with van der Waals surface area (Å²) in [6, 6.07) is 21.8. The third-order valence-electron chi connectivity index (χ3n) is 5.94. The first-order valence-corrected chi connectivity index (χ1v) is 11.0. The third-order valence-corrected chi connectivity index (χ3v) is 5.94. The number of nitrogens with one attached hydrogen (secondary N) is 1. The molecule has 1 fully saturated rings. The number of anilines is 1. The fraction of sp³-hybridized carbons (Fsp3) is 0.231. The van der Waals surface area contributed by atoms with Gasteiger partial charge in [-0.25, -0.2) is 4.98 Å². The fourth-order valence-electron chi connectivity index (χ4n) is 4.24. The van der Waals surface area contributed by atoms with Crippen molar-refractivity contribution >= 4 is 23.4 Å². The number of rotatable bonds is 8. The minimum absolute atomic E-state index is 0.170. The molecule has 1 saturated heterocycles. The summed E-state index contributed by atoms with van der Waals surface area (Å²) in [5, 5.41) is 2.71. The Morgan fingerprint density at radius 3 is 2.39 bits per heavy atom. The zero-order valence-corrected chi connectivity index (χ0v) is 18.2. The molecule has 0 aliphatic carbocycles. The number of Topliss-reactive ketones (excluding diaryl/α,β-unsaturated/α-hetero) is 1. The number of nitrogens with zero attached hydrogens (tertiary/aromatic N) is 2. The van der Waals surface area contributed by atoms with Crippen molar-refractivity contribution < 1.29 is 14.4 Å². The summed E-state index contributed by atoms with van der Waals surface area (Å²) in [4.78, 5) is 43.8. The Bertz CT molecular complexity index is 1130. The Kier molecular flexibility index (Phi) is 6.78. The highest BCUT2D eigenvalue weighted by molar-refractivity contribution is 6.38. The molecule has 1 aliphatic heterocycles. The van der Waals surface area contributed by atoms with Gasteiger partial charge in [-0.2, -0.15) is 0 Å².